The second-order valence-corrected chi connectivity index (χ2v) is 6.49. The first kappa shape index (κ1) is 13.9. The number of nitrogens with zero attached hydrogens (tertiary/aromatic N) is 2. The fourth-order valence-corrected chi connectivity index (χ4v) is 3.34. The maximum absolute atomic E-state index is 4.57. The Hall–Kier alpha value is -0.540. The predicted octanol–water partition coefficient (Wildman–Crippen LogP) is 4.13. The molecule has 0 unspecified atom stereocenters. The first-order valence-corrected chi connectivity index (χ1v) is 8.05. The van der Waals surface area contributed by atoms with Gasteiger partial charge in [-0.25, -0.2) is 4.98 Å². The number of rotatable bonds is 4. The molecule has 0 radical (unpaired) electrons. The van der Waals surface area contributed by atoms with E-state index in [2.05, 4.69) is 49.0 Å². The van der Waals surface area contributed by atoms with Crippen molar-refractivity contribution < 1.29 is 0 Å². The van der Waals surface area contributed by atoms with Crippen LogP contribution in [0.1, 0.15) is 51.6 Å². The van der Waals surface area contributed by atoms with Crippen molar-refractivity contribution in [2.24, 2.45) is 0 Å². The molecule has 0 N–H and O–H groups in total. The zero-order chi connectivity index (χ0) is 13.0. The molecule has 1 aromatic rings. The fraction of sp³-hybridized carbons (Fsp3) is 0.667. The van der Waals surface area contributed by atoms with Crippen LogP contribution in [-0.2, 0) is 0 Å². The Morgan fingerprint density at radius 2 is 2.22 bits per heavy atom. The molecule has 1 aliphatic heterocycles. The van der Waals surface area contributed by atoms with Gasteiger partial charge in [-0.3, -0.25) is 4.90 Å². The van der Waals surface area contributed by atoms with Gasteiger partial charge >= 0.3 is 0 Å². The summed E-state index contributed by atoms with van der Waals surface area (Å²) in [5.41, 5.74) is 1.39. The number of aromatic nitrogens is 1. The molecule has 0 bridgehead atoms. The molecule has 2 rings (SSSR count). The van der Waals surface area contributed by atoms with Gasteiger partial charge in [-0.15, -0.1) is 11.8 Å². The summed E-state index contributed by atoms with van der Waals surface area (Å²) < 4.78 is 0. The minimum Gasteiger partial charge on any atom is -0.294 e. The van der Waals surface area contributed by atoms with E-state index in [1.165, 1.54) is 31.4 Å². The van der Waals surface area contributed by atoms with Crippen LogP contribution >= 0.6 is 11.8 Å². The van der Waals surface area contributed by atoms with E-state index in [0.29, 0.717) is 12.1 Å². The molecule has 2 nitrogen and oxygen atoms in total. The third-order valence-electron chi connectivity index (χ3n) is 3.64. The normalized spacial score (nSPS) is 21.4. The molecule has 1 aliphatic rings. The second kappa shape index (κ2) is 6.58. The molecule has 0 aliphatic carbocycles. The van der Waals surface area contributed by atoms with Crippen LogP contribution in [0.3, 0.4) is 0 Å². The van der Waals surface area contributed by atoms with Crippen molar-refractivity contribution in [2.45, 2.75) is 57.1 Å². The number of piperidine rings is 1. The molecule has 1 atom stereocenters. The molecular weight excluding hydrogens is 240 g/mol. The fourth-order valence-electron chi connectivity index (χ4n) is 2.75. The lowest BCUT2D eigenvalue weighted by Crippen LogP contribution is -2.38. The summed E-state index contributed by atoms with van der Waals surface area (Å²) in [6.07, 6.45) is 6.05. The number of likely N-dealkylation sites (tertiary alicyclic amines) is 1. The Balaban J connectivity index is 2.12. The summed E-state index contributed by atoms with van der Waals surface area (Å²) in [5, 5.41) is 1.15. The standard InChI is InChI=1S/C15H24N2S/c1-4-18-15-9-8-13(11-16-15)14-7-5-6-10-17(14)12(2)3/h8-9,11-12,14H,4-7,10H2,1-3H3/t14-/m1/s1. The van der Waals surface area contributed by atoms with E-state index in [1.807, 2.05) is 11.8 Å². The molecule has 0 amide bonds. The van der Waals surface area contributed by atoms with E-state index in [0.717, 1.165) is 10.8 Å². The summed E-state index contributed by atoms with van der Waals surface area (Å²) in [6.45, 7) is 8.00. The lowest BCUT2D eigenvalue weighted by molar-refractivity contribution is 0.112. The lowest BCUT2D eigenvalue weighted by atomic mass is 9.95. The van der Waals surface area contributed by atoms with Gasteiger partial charge < -0.3 is 0 Å². The van der Waals surface area contributed by atoms with Crippen molar-refractivity contribution in [3.8, 4) is 0 Å². The Bertz CT molecular complexity index is 361. The van der Waals surface area contributed by atoms with E-state index in [9.17, 15) is 0 Å². The molecule has 1 saturated heterocycles. The van der Waals surface area contributed by atoms with Crippen LogP contribution in [0, 0.1) is 0 Å². The van der Waals surface area contributed by atoms with E-state index in [4.69, 9.17) is 0 Å². The van der Waals surface area contributed by atoms with E-state index >= 15 is 0 Å². The van der Waals surface area contributed by atoms with Gasteiger partial charge in [0.15, 0.2) is 0 Å². The summed E-state index contributed by atoms with van der Waals surface area (Å²) in [7, 11) is 0. The molecule has 2 heterocycles. The van der Waals surface area contributed by atoms with Gasteiger partial charge in [0.25, 0.3) is 0 Å². The number of thioether (sulfide) groups is 1. The Kier molecular flexibility index (Phi) is 5.07. The molecule has 3 heteroatoms. The SMILES string of the molecule is CCSc1ccc([C@H]2CCCCN2C(C)C)cn1. The average Bonchev–Trinajstić information content (AvgIpc) is 2.40. The van der Waals surface area contributed by atoms with E-state index in [-0.39, 0.29) is 0 Å². The molecule has 18 heavy (non-hydrogen) atoms. The number of pyridine rings is 1. The summed E-state index contributed by atoms with van der Waals surface area (Å²) in [5.74, 6) is 1.09. The minimum atomic E-state index is 0.576. The first-order chi connectivity index (χ1) is 8.72. The average molecular weight is 264 g/mol. The maximum atomic E-state index is 4.57. The quantitative estimate of drug-likeness (QED) is 0.761. The number of hydrogen-bond donors (Lipinski definition) is 0. The summed E-state index contributed by atoms with van der Waals surface area (Å²) >= 11 is 1.81. The first-order valence-electron chi connectivity index (χ1n) is 7.07. The van der Waals surface area contributed by atoms with Crippen LogP contribution in [0.25, 0.3) is 0 Å². The van der Waals surface area contributed by atoms with Crippen molar-refractivity contribution in [3.63, 3.8) is 0 Å². The zero-order valence-corrected chi connectivity index (χ0v) is 12.5. The molecule has 1 aromatic heterocycles. The lowest BCUT2D eigenvalue weighted by Gasteiger charge is -2.38. The van der Waals surface area contributed by atoms with Crippen LogP contribution in [0.4, 0.5) is 0 Å². The highest BCUT2D eigenvalue weighted by Gasteiger charge is 2.25. The largest absolute Gasteiger partial charge is 0.294 e. The molecule has 0 spiro atoms. The van der Waals surface area contributed by atoms with Gasteiger partial charge in [0.2, 0.25) is 0 Å². The van der Waals surface area contributed by atoms with Crippen molar-refractivity contribution in [1.29, 1.82) is 0 Å². The van der Waals surface area contributed by atoms with Crippen molar-refractivity contribution in [2.75, 3.05) is 12.3 Å². The monoisotopic (exact) mass is 264 g/mol. The van der Waals surface area contributed by atoms with Crippen LogP contribution in [0.2, 0.25) is 0 Å². The topological polar surface area (TPSA) is 16.1 Å². The summed E-state index contributed by atoms with van der Waals surface area (Å²) in [4.78, 5) is 7.19. The van der Waals surface area contributed by atoms with Crippen molar-refractivity contribution >= 4 is 11.8 Å². The van der Waals surface area contributed by atoms with E-state index in [1.54, 1.807) is 0 Å². The van der Waals surface area contributed by atoms with Crippen LogP contribution in [-0.4, -0.2) is 28.2 Å². The van der Waals surface area contributed by atoms with Crippen LogP contribution in [0.15, 0.2) is 23.4 Å². The van der Waals surface area contributed by atoms with Crippen LogP contribution in [0.5, 0.6) is 0 Å². The Morgan fingerprint density at radius 1 is 1.39 bits per heavy atom. The third kappa shape index (κ3) is 3.27. The van der Waals surface area contributed by atoms with Gasteiger partial charge in [-0.1, -0.05) is 19.4 Å². The maximum Gasteiger partial charge on any atom is 0.0959 e. The molecule has 0 saturated carbocycles. The van der Waals surface area contributed by atoms with Crippen molar-refractivity contribution in [3.05, 3.63) is 23.9 Å². The van der Waals surface area contributed by atoms with Gasteiger partial charge in [0, 0.05) is 18.3 Å². The highest BCUT2D eigenvalue weighted by Crippen LogP contribution is 2.32. The van der Waals surface area contributed by atoms with Gasteiger partial charge in [-0.2, -0.15) is 0 Å². The third-order valence-corrected chi connectivity index (χ3v) is 4.47. The predicted molar refractivity (Wildman–Crippen MR) is 79.1 cm³/mol. The van der Waals surface area contributed by atoms with Gasteiger partial charge in [0.1, 0.15) is 0 Å². The smallest absolute Gasteiger partial charge is 0.0959 e. The minimum absolute atomic E-state index is 0.576. The molecule has 100 valence electrons. The molecule has 1 fully saturated rings. The highest BCUT2D eigenvalue weighted by atomic mass is 32.2. The van der Waals surface area contributed by atoms with Gasteiger partial charge in [-0.05, 0) is 50.6 Å². The highest BCUT2D eigenvalue weighted by molar-refractivity contribution is 7.99. The Morgan fingerprint density at radius 3 is 2.83 bits per heavy atom. The van der Waals surface area contributed by atoms with Crippen molar-refractivity contribution in [1.82, 2.24) is 9.88 Å². The molecule has 0 aromatic carbocycles. The molecular formula is C15H24N2S. The summed E-state index contributed by atoms with van der Waals surface area (Å²) in [6, 6.07) is 5.65. The Labute approximate surface area is 115 Å². The second-order valence-electron chi connectivity index (χ2n) is 5.21. The number of hydrogen-bond acceptors (Lipinski definition) is 3. The zero-order valence-electron chi connectivity index (χ0n) is 11.7. The van der Waals surface area contributed by atoms with Gasteiger partial charge in [0.05, 0.1) is 5.03 Å². The van der Waals surface area contributed by atoms with E-state index < -0.39 is 0 Å². The van der Waals surface area contributed by atoms with Crippen LogP contribution < -0.4 is 0 Å².